The van der Waals surface area contributed by atoms with Crippen molar-refractivity contribution in [1.82, 2.24) is 0 Å². The summed E-state index contributed by atoms with van der Waals surface area (Å²) in [5.41, 5.74) is 0.381. The maximum atomic E-state index is 11.9. The van der Waals surface area contributed by atoms with Crippen molar-refractivity contribution in [3.05, 3.63) is 42.0 Å². The summed E-state index contributed by atoms with van der Waals surface area (Å²) in [5, 5.41) is 0. The van der Waals surface area contributed by atoms with Crippen LogP contribution in [0.1, 0.15) is 32.8 Å². The minimum atomic E-state index is -0.725. The number of carbonyl (C=O) groups is 2. The Bertz CT molecular complexity index is 598. The minimum absolute atomic E-state index is 0.155. The standard InChI is InChI=1S/C20H28O6/c1-20(2,3)19(22)25-13-7-6-8-17(18(21)24-5)26-14-15-9-11-16(23-4)12-10-15/h6-7,9-12,17H,8,13-14H2,1-5H3/t17-/m0/s1. The molecule has 1 aromatic rings. The summed E-state index contributed by atoms with van der Waals surface area (Å²) in [6, 6.07) is 7.40. The topological polar surface area (TPSA) is 71.1 Å². The van der Waals surface area contributed by atoms with Gasteiger partial charge >= 0.3 is 11.9 Å². The molecule has 0 unspecified atom stereocenters. The first-order valence-electron chi connectivity index (χ1n) is 8.42. The van der Waals surface area contributed by atoms with Crippen molar-refractivity contribution >= 4 is 11.9 Å². The van der Waals surface area contributed by atoms with Crippen LogP contribution in [0.5, 0.6) is 5.75 Å². The highest BCUT2D eigenvalue weighted by molar-refractivity contribution is 5.75. The molecule has 0 saturated carbocycles. The van der Waals surface area contributed by atoms with Gasteiger partial charge in [-0.15, -0.1) is 0 Å². The van der Waals surface area contributed by atoms with Crippen LogP contribution < -0.4 is 4.74 Å². The first-order chi connectivity index (χ1) is 12.3. The number of carbonyl (C=O) groups excluding carboxylic acids is 2. The first-order valence-corrected chi connectivity index (χ1v) is 8.42. The molecule has 0 aliphatic carbocycles. The van der Waals surface area contributed by atoms with Crippen LogP contribution >= 0.6 is 0 Å². The molecule has 0 heterocycles. The number of hydrogen-bond acceptors (Lipinski definition) is 6. The van der Waals surface area contributed by atoms with E-state index < -0.39 is 17.5 Å². The average Bonchev–Trinajstić information content (AvgIpc) is 2.62. The van der Waals surface area contributed by atoms with Gasteiger partial charge < -0.3 is 18.9 Å². The first kappa shape index (κ1) is 21.7. The van der Waals surface area contributed by atoms with Crippen LogP contribution in [0.4, 0.5) is 0 Å². The Morgan fingerprint density at radius 1 is 1.08 bits per heavy atom. The predicted octanol–water partition coefficient (Wildman–Crippen LogP) is 3.29. The second-order valence-corrected chi connectivity index (χ2v) is 6.73. The molecule has 0 aliphatic heterocycles. The Kier molecular flexibility index (Phi) is 8.85. The molecule has 0 radical (unpaired) electrons. The van der Waals surface area contributed by atoms with Crippen LogP contribution in [-0.4, -0.2) is 38.9 Å². The van der Waals surface area contributed by atoms with Gasteiger partial charge in [0, 0.05) is 6.42 Å². The van der Waals surface area contributed by atoms with Gasteiger partial charge in [0.2, 0.25) is 0 Å². The zero-order chi connectivity index (χ0) is 19.6. The Hall–Kier alpha value is -2.34. The second-order valence-electron chi connectivity index (χ2n) is 6.73. The molecule has 0 bridgehead atoms. The summed E-state index contributed by atoms with van der Waals surface area (Å²) in [5.74, 6) is 0.0308. The Balaban J connectivity index is 2.49. The summed E-state index contributed by atoms with van der Waals surface area (Å²) in [4.78, 5) is 23.5. The van der Waals surface area contributed by atoms with Gasteiger partial charge in [0.05, 0.1) is 26.2 Å². The lowest BCUT2D eigenvalue weighted by molar-refractivity contribution is -0.155. The van der Waals surface area contributed by atoms with E-state index in [1.54, 1.807) is 40.0 Å². The molecule has 0 amide bonds. The summed E-state index contributed by atoms with van der Waals surface area (Å²) < 4.78 is 20.7. The van der Waals surface area contributed by atoms with Crippen molar-refractivity contribution in [3.63, 3.8) is 0 Å². The number of methoxy groups -OCH3 is 2. The van der Waals surface area contributed by atoms with Gasteiger partial charge in [-0.05, 0) is 38.5 Å². The van der Waals surface area contributed by atoms with E-state index >= 15 is 0 Å². The third kappa shape index (κ3) is 7.70. The third-order valence-corrected chi connectivity index (χ3v) is 3.51. The number of ether oxygens (including phenoxy) is 4. The van der Waals surface area contributed by atoms with Gasteiger partial charge in [-0.3, -0.25) is 4.79 Å². The molecule has 6 heteroatoms. The van der Waals surface area contributed by atoms with Crippen molar-refractivity contribution in [2.75, 3.05) is 20.8 Å². The quantitative estimate of drug-likeness (QED) is 0.495. The van der Waals surface area contributed by atoms with E-state index in [0.717, 1.165) is 11.3 Å². The molecule has 0 aliphatic rings. The largest absolute Gasteiger partial charge is 0.497 e. The molecule has 144 valence electrons. The van der Waals surface area contributed by atoms with Crippen molar-refractivity contribution in [2.45, 2.75) is 39.9 Å². The lowest BCUT2D eigenvalue weighted by Crippen LogP contribution is -2.25. The van der Waals surface area contributed by atoms with Gasteiger partial charge in [0.25, 0.3) is 0 Å². The minimum Gasteiger partial charge on any atom is -0.497 e. The van der Waals surface area contributed by atoms with Crippen LogP contribution in [0.3, 0.4) is 0 Å². The van der Waals surface area contributed by atoms with Gasteiger partial charge in [0.15, 0.2) is 6.10 Å². The van der Waals surface area contributed by atoms with E-state index in [-0.39, 0.29) is 19.2 Å². The van der Waals surface area contributed by atoms with E-state index in [0.29, 0.717) is 6.42 Å². The smallest absolute Gasteiger partial charge is 0.335 e. The van der Waals surface area contributed by atoms with Crippen LogP contribution in [0, 0.1) is 5.41 Å². The fourth-order valence-corrected chi connectivity index (χ4v) is 1.91. The second kappa shape index (κ2) is 10.6. The van der Waals surface area contributed by atoms with Crippen molar-refractivity contribution < 1.29 is 28.5 Å². The van der Waals surface area contributed by atoms with Gasteiger partial charge in [-0.1, -0.05) is 24.3 Å². The average molecular weight is 364 g/mol. The lowest BCUT2D eigenvalue weighted by atomic mass is 9.97. The summed E-state index contributed by atoms with van der Waals surface area (Å²) >= 11 is 0. The lowest BCUT2D eigenvalue weighted by Gasteiger charge is -2.16. The molecule has 1 aromatic carbocycles. The predicted molar refractivity (Wildman–Crippen MR) is 97.8 cm³/mol. The zero-order valence-electron chi connectivity index (χ0n) is 16.1. The molecular formula is C20H28O6. The van der Waals surface area contributed by atoms with Gasteiger partial charge in [-0.25, -0.2) is 4.79 Å². The van der Waals surface area contributed by atoms with Crippen molar-refractivity contribution in [2.24, 2.45) is 5.41 Å². The molecule has 0 fully saturated rings. The normalized spacial score (nSPS) is 12.7. The number of esters is 2. The molecular weight excluding hydrogens is 336 g/mol. The SMILES string of the molecule is COC(=O)[C@H](CC=CCOC(=O)C(C)(C)C)OCc1ccc(OC)cc1. The zero-order valence-corrected chi connectivity index (χ0v) is 16.1. The van der Waals surface area contributed by atoms with E-state index in [2.05, 4.69) is 0 Å². The molecule has 0 spiro atoms. The van der Waals surface area contributed by atoms with E-state index in [1.165, 1.54) is 7.11 Å². The highest BCUT2D eigenvalue weighted by Crippen LogP contribution is 2.15. The fraction of sp³-hybridized carbons (Fsp3) is 0.500. The van der Waals surface area contributed by atoms with E-state index in [1.807, 2.05) is 24.3 Å². The van der Waals surface area contributed by atoms with Crippen molar-refractivity contribution in [1.29, 1.82) is 0 Å². The molecule has 0 N–H and O–H groups in total. The van der Waals surface area contributed by atoms with E-state index in [9.17, 15) is 9.59 Å². The van der Waals surface area contributed by atoms with Gasteiger partial charge in [0.1, 0.15) is 12.4 Å². The van der Waals surface area contributed by atoms with Crippen LogP contribution in [-0.2, 0) is 30.4 Å². The molecule has 0 saturated heterocycles. The summed E-state index contributed by atoms with van der Waals surface area (Å²) in [7, 11) is 2.92. The molecule has 1 rings (SSSR count). The Morgan fingerprint density at radius 3 is 2.27 bits per heavy atom. The van der Waals surface area contributed by atoms with Crippen LogP contribution in [0.2, 0.25) is 0 Å². The molecule has 0 aromatic heterocycles. The maximum Gasteiger partial charge on any atom is 0.335 e. The Labute approximate surface area is 155 Å². The molecule has 6 nitrogen and oxygen atoms in total. The monoisotopic (exact) mass is 364 g/mol. The van der Waals surface area contributed by atoms with Gasteiger partial charge in [-0.2, -0.15) is 0 Å². The van der Waals surface area contributed by atoms with Crippen molar-refractivity contribution in [3.8, 4) is 5.75 Å². The van der Waals surface area contributed by atoms with Crippen LogP contribution in [0.15, 0.2) is 36.4 Å². The highest BCUT2D eigenvalue weighted by atomic mass is 16.6. The highest BCUT2D eigenvalue weighted by Gasteiger charge is 2.22. The number of benzene rings is 1. The Morgan fingerprint density at radius 2 is 1.73 bits per heavy atom. The molecule has 1 atom stereocenters. The fourth-order valence-electron chi connectivity index (χ4n) is 1.91. The molecule has 26 heavy (non-hydrogen) atoms. The maximum absolute atomic E-state index is 11.9. The summed E-state index contributed by atoms with van der Waals surface area (Å²) in [6.07, 6.45) is 3.04. The number of rotatable bonds is 9. The number of hydrogen-bond donors (Lipinski definition) is 0. The van der Waals surface area contributed by atoms with E-state index in [4.69, 9.17) is 18.9 Å². The third-order valence-electron chi connectivity index (χ3n) is 3.51. The summed E-state index contributed by atoms with van der Waals surface area (Å²) in [6.45, 7) is 5.80. The van der Waals surface area contributed by atoms with Crippen LogP contribution in [0.25, 0.3) is 0 Å².